The lowest BCUT2D eigenvalue weighted by molar-refractivity contribution is -0.137. The van der Waals surface area contributed by atoms with Gasteiger partial charge in [-0.25, -0.2) is 0 Å². The predicted octanol–water partition coefficient (Wildman–Crippen LogP) is 3.80. The molecule has 3 rings (SSSR count). The molecule has 2 heterocycles. The number of nitrogens with zero attached hydrogens (tertiary/aromatic N) is 3. The van der Waals surface area contributed by atoms with Crippen molar-refractivity contribution >= 4 is 23.2 Å². The van der Waals surface area contributed by atoms with E-state index < -0.39 is 22.8 Å². The van der Waals surface area contributed by atoms with Gasteiger partial charge in [0.1, 0.15) is 5.76 Å². The molecule has 0 radical (unpaired) electrons. The van der Waals surface area contributed by atoms with Gasteiger partial charge in [-0.05, 0) is 32.0 Å². The van der Waals surface area contributed by atoms with Crippen molar-refractivity contribution in [2.75, 3.05) is 31.5 Å². The maximum atomic E-state index is 13.0. The minimum absolute atomic E-state index is 0.0682. The number of anilines is 1. The van der Waals surface area contributed by atoms with Gasteiger partial charge in [-0.1, -0.05) is 16.8 Å². The average molecular weight is 431 g/mol. The first-order valence-electron chi connectivity index (χ1n) is 9.19. The van der Waals surface area contributed by atoms with Crippen LogP contribution in [0.25, 0.3) is 0 Å². The molecule has 1 amide bonds. The van der Waals surface area contributed by atoms with E-state index in [-0.39, 0.29) is 11.6 Å². The molecule has 1 aromatic heterocycles. The lowest BCUT2D eigenvalue weighted by atomic mass is 10.1. The van der Waals surface area contributed by atoms with Gasteiger partial charge in [0.2, 0.25) is 5.91 Å². The molecular weight excluding hydrogens is 409 g/mol. The zero-order valence-electron chi connectivity index (χ0n) is 16.1. The zero-order valence-corrected chi connectivity index (χ0v) is 16.8. The number of aromatic nitrogens is 1. The zero-order chi connectivity index (χ0) is 21.2. The number of carbonyl (C=O) groups excluding carboxylic acids is 1. The molecule has 1 saturated heterocycles. The van der Waals surface area contributed by atoms with Crippen LogP contribution in [-0.4, -0.2) is 53.1 Å². The Kier molecular flexibility index (Phi) is 6.50. The van der Waals surface area contributed by atoms with Crippen LogP contribution in [0, 0.1) is 6.92 Å². The Morgan fingerprint density at radius 3 is 2.55 bits per heavy atom. The van der Waals surface area contributed by atoms with Crippen LogP contribution in [0.15, 0.2) is 28.8 Å². The summed E-state index contributed by atoms with van der Waals surface area (Å²) in [4.78, 5) is 16.7. The highest BCUT2D eigenvalue weighted by molar-refractivity contribution is 6.31. The van der Waals surface area contributed by atoms with E-state index in [1.165, 1.54) is 6.07 Å². The van der Waals surface area contributed by atoms with E-state index in [0.29, 0.717) is 19.6 Å². The minimum Gasteiger partial charge on any atom is -0.361 e. The van der Waals surface area contributed by atoms with Crippen LogP contribution < -0.4 is 5.32 Å². The fourth-order valence-corrected chi connectivity index (χ4v) is 3.49. The summed E-state index contributed by atoms with van der Waals surface area (Å²) in [7, 11) is 0. The molecule has 29 heavy (non-hydrogen) atoms. The van der Waals surface area contributed by atoms with Crippen LogP contribution in [0.4, 0.5) is 18.9 Å². The first-order valence-corrected chi connectivity index (χ1v) is 9.57. The molecule has 6 nitrogen and oxygen atoms in total. The lowest BCUT2D eigenvalue weighted by Crippen LogP contribution is -2.52. The summed E-state index contributed by atoms with van der Waals surface area (Å²) >= 11 is 5.62. The van der Waals surface area contributed by atoms with Gasteiger partial charge >= 0.3 is 6.18 Å². The second-order valence-electron chi connectivity index (χ2n) is 7.10. The molecule has 10 heteroatoms. The van der Waals surface area contributed by atoms with E-state index in [1.807, 2.05) is 17.9 Å². The number of rotatable bonds is 5. The molecule has 1 fully saturated rings. The number of alkyl halides is 3. The number of aryl methyl sites for hydroxylation is 1. The standard InChI is InChI=1S/C19H22ClF3N4O2/c1-12-9-15(25-29-12)11-26-5-7-27(8-6-26)13(2)18(28)24-14-3-4-17(20)16(10-14)19(21,22)23/h3-4,9-10,13H,5-8,11H2,1-2H3,(H,24,28)/t13-/m1/s1. The fourth-order valence-electron chi connectivity index (χ4n) is 3.26. The molecule has 0 aliphatic carbocycles. The fraction of sp³-hybridized carbons (Fsp3) is 0.474. The number of hydrogen-bond donors (Lipinski definition) is 1. The Morgan fingerprint density at radius 2 is 1.97 bits per heavy atom. The Bertz CT molecular complexity index is 863. The van der Waals surface area contributed by atoms with Crippen LogP contribution in [0.3, 0.4) is 0 Å². The molecule has 1 aromatic carbocycles. The summed E-state index contributed by atoms with van der Waals surface area (Å²) in [6.45, 7) is 7.10. The van der Waals surface area contributed by atoms with Crippen molar-refractivity contribution in [1.82, 2.24) is 15.0 Å². The Hall–Kier alpha value is -2.10. The second-order valence-corrected chi connectivity index (χ2v) is 7.51. The maximum Gasteiger partial charge on any atom is 0.417 e. The number of nitrogens with one attached hydrogen (secondary N) is 1. The van der Waals surface area contributed by atoms with Crippen LogP contribution in [0.1, 0.15) is 23.9 Å². The van der Waals surface area contributed by atoms with E-state index >= 15 is 0 Å². The molecule has 1 aliphatic heterocycles. The largest absolute Gasteiger partial charge is 0.417 e. The number of halogens is 4. The monoisotopic (exact) mass is 430 g/mol. The highest BCUT2D eigenvalue weighted by atomic mass is 35.5. The molecular formula is C19H22ClF3N4O2. The minimum atomic E-state index is -4.58. The van der Waals surface area contributed by atoms with E-state index in [0.717, 1.165) is 36.7 Å². The Morgan fingerprint density at radius 1 is 1.28 bits per heavy atom. The third-order valence-corrected chi connectivity index (χ3v) is 5.27. The Balaban J connectivity index is 1.54. The summed E-state index contributed by atoms with van der Waals surface area (Å²) in [6.07, 6.45) is -4.58. The summed E-state index contributed by atoms with van der Waals surface area (Å²) in [5.74, 6) is 0.404. The predicted molar refractivity (Wildman–Crippen MR) is 103 cm³/mol. The second kappa shape index (κ2) is 8.73. The third kappa shape index (κ3) is 5.49. The van der Waals surface area contributed by atoms with Crippen molar-refractivity contribution in [2.24, 2.45) is 0 Å². The van der Waals surface area contributed by atoms with Gasteiger partial charge in [0.15, 0.2) is 0 Å². The highest BCUT2D eigenvalue weighted by Gasteiger charge is 2.34. The van der Waals surface area contributed by atoms with E-state index in [9.17, 15) is 18.0 Å². The number of piperazine rings is 1. The first kappa shape index (κ1) is 21.6. The number of benzene rings is 1. The van der Waals surface area contributed by atoms with Gasteiger partial charge in [-0.2, -0.15) is 13.2 Å². The van der Waals surface area contributed by atoms with E-state index in [2.05, 4.69) is 15.4 Å². The normalized spacial score (nSPS) is 17.3. The van der Waals surface area contributed by atoms with Crippen molar-refractivity contribution in [3.63, 3.8) is 0 Å². The molecule has 158 valence electrons. The Labute approximate surface area is 171 Å². The highest BCUT2D eigenvalue weighted by Crippen LogP contribution is 2.36. The quantitative estimate of drug-likeness (QED) is 0.781. The van der Waals surface area contributed by atoms with Gasteiger partial charge in [-0.15, -0.1) is 0 Å². The molecule has 0 unspecified atom stereocenters. The van der Waals surface area contributed by atoms with Crippen LogP contribution in [0.2, 0.25) is 5.02 Å². The molecule has 0 spiro atoms. The van der Waals surface area contributed by atoms with Gasteiger partial charge in [0.25, 0.3) is 0 Å². The van der Waals surface area contributed by atoms with Crippen molar-refractivity contribution < 1.29 is 22.5 Å². The van der Waals surface area contributed by atoms with Crippen molar-refractivity contribution in [3.8, 4) is 0 Å². The number of hydrogen-bond acceptors (Lipinski definition) is 5. The first-order chi connectivity index (χ1) is 13.6. The molecule has 1 N–H and O–H groups in total. The average Bonchev–Trinajstić information content (AvgIpc) is 3.07. The summed E-state index contributed by atoms with van der Waals surface area (Å²) < 4.78 is 44.0. The van der Waals surface area contributed by atoms with E-state index in [4.69, 9.17) is 16.1 Å². The van der Waals surface area contributed by atoms with Crippen molar-refractivity contribution in [2.45, 2.75) is 32.6 Å². The third-order valence-electron chi connectivity index (χ3n) is 4.94. The number of amides is 1. The summed E-state index contributed by atoms with van der Waals surface area (Å²) in [5.41, 5.74) is -0.0371. The lowest BCUT2D eigenvalue weighted by Gasteiger charge is -2.37. The topological polar surface area (TPSA) is 61.6 Å². The molecule has 2 aromatic rings. The van der Waals surface area contributed by atoms with Gasteiger partial charge in [0, 0.05) is 44.5 Å². The summed E-state index contributed by atoms with van der Waals surface area (Å²) in [5, 5.41) is 6.14. The van der Waals surface area contributed by atoms with Crippen LogP contribution >= 0.6 is 11.6 Å². The maximum absolute atomic E-state index is 13.0. The molecule has 1 atom stereocenters. The van der Waals surface area contributed by atoms with Crippen LogP contribution in [-0.2, 0) is 17.5 Å². The molecule has 1 aliphatic rings. The van der Waals surface area contributed by atoms with Crippen LogP contribution in [0.5, 0.6) is 0 Å². The van der Waals surface area contributed by atoms with Gasteiger partial charge in [-0.3, -0.25) is 14.6 Å². The van der Waals surface area contributed by atoms with Crippen molar-refractivity contribution in [1.29, 1.82) is 0 Å². The molecule has 0 saturated carbocycles. The SMILES string of the molecule is Cc1cc(CN2CCN([C@H](C)C(=O)Nc3ccc(Cl)c(C(F)(F)F)c3)CC2)no1. The van der Waals surface area contributed by atoms with Crippen molar-refractivity contribution in [3.05, 3.63) is 46.3 Å². The van der Waals surface area contributed by atoms with E-state index in [1.54, 1.807) is 6.92 Å². The summed E-state index contributed by atoms with van der Waals surface area (Å²) in [6, 6.07) is 4.76. The number of carbonyl (C=O) groups is 1. The van der Waals surface area contributed by atoms with Gasteiger partial charge < -0.3 is 9.84 Å². The smallest absolute Gasteiger partial charge is 0.361 e. The van der Waals surface area contributed by atoms with Gasteiger partial charge in [0.05, 0.1) is 22.3 Å². The molecule has 0 bridgehead atoms.